The zero-order valence-electron chi connectivity index (χ0n) is 11.7. The molecule has 5 nitrogen and oxygen atoms in total. The van der Waals surface area contributed by atoms with Crippen molar-refractivity contribution in [3.63, 3.8) is 0 Å². The topological polar surface area (TPSA) is 95.6 Å². The van der Waals surface area contributed by atoms with Crippen LogP contribution in [0.5, 0.6) is 0 Å². The fraction of sp³-hybridized carbons (Fsp3) is 0.500. The Kier molecular flexibility index (Phi) is 4.78. The number of carbonyl (C=O) groups is 1. The molecule has 0 aliphatic rings. The van der Waals surface area contributed by atoms with Crippen molar-refractivity contribution in [3.8, 4) is 0 Å². The van der Waals surface area contributed by atoms with Gasteiger partial charge < -0.3 is 21.3 Å². The van der Waals surface area contributed by atoms with Crippen LogP contribution in [0.4, 0.5) is 11.4 Å². The molecule has 0 amide bonds. The second-order valence-electron chi connectivity index (χ2n) is 5.07. The van der Waals surface area contributed by atoms with E-state index < -0.39 is 5.97 Å². The van der Waals surface area contributed by atoms with Crippen molar-refractivity contribution in [3.05, 3.63) is 23.3 Å². The molecular weight excluding hydrogens is 244 g/mol. The molecule has 1 aromatic carbocycles. The van der Waals surface area contributed by atoms with E-state index >= 15 is 0 Å². The molecule has 0 aliphatic carbocycles. The minimum atomic E-state index is -1.04. The Morgan fingerprint density at radius 1 is 1.47 bits per heavy atom. The molecule has 0 spiro atoms. The summed E-state index contributed by atoms with van der Waals surface area (Å²) in [5, 5.41) is 21.5. The van der Waals surface area contributed by atoms with Crippen LogP contribution in [-0.2, 0) is 0 Å². The minimum absolute atomic E-state index is 0.0804. The standard InChI is InChI=1S/C14H22N2O3/c1-4-14(3,5-6-17)16-10-7-9(2)12(15)11(8-10)13(18)19/h7-8,16-17H,4-6,15H2,1-3H3,(H,18,19). The molecule has 0 bridgehead atoms. The summed E-state index contributed by atoms with van der Waals surface area (Å²) in [5.41, 5.74) is 7.32. The lowest BCUT2D eigenvalue weighted by Crippen LogP contribution is -2.35. The summed E-state index contributed by atoms with van der Waals surface area (Å²) in [4.78, 5) is 11.1. The summed E-state index contributed by atoms with van der Waals surface area (Å²) in [6, 6.07) is 3.36. The first kappa shape index (κ1) is 15.3. The van der Waals surface area contributed by atoms with Gasteiger partial charge in [0.15, 0.2) is 0 Å². The number of nitrogens with one attached hydrogen (secondary N) is 1. The molecule has 1 aromatic rings. The molecule has 106 valence electrons. The Morgan fingerprint density at radius 3 is 2.58 bits per heavy atom. The molecule has 0 aromatic heterocycles. The quantitative estimate of drug-likeness (QED) is 0.592. The van der Waals surface area contributed by atoms with E-state index in [2.05, 4.69) is 5.32 Å². The third kappa shape index (κ3) is 3.61. The van der Waals surface area contributed by atoms with Gasteiger partial charge in [0.25, 0.3) is 0 Å². The zero-order valence-corrected chi connectivity index (χ0v) is 11.7. The molecular formula is C14H22N2O3. The number of hydrogen-bond acceptors (Lipinski definition) is 4. The number of rotatable bonds is 6. The van der Waals surface area contributed by atoms with Crippen molar-refractivity contribution in [2.45, 2.75) is 39.2 Å². The third-order valence-electron chi connectivity index (χ3n) is 3.51. The maximum absolute atomic E-state index is 11.1. The fourth-order valence-electron chi connectivity index (χ4n) is 1.97. The summed E-state index contributed by atoms with van der Waals surface area (Å²) in [7, 11) is 0. The highest BCUT2D eigenvalue weighted by atomic mass is 16.4. The highest BCUT2D eigenvalue weighted by molar-refractivity contribution is 5.95. The van der Waals surface area contributed by atoms with Crippen LogP contribution in [0.3, 0.4) is 0 Å². The van der Waals surface area contributed by atoms with Gasteiger partial charge in [0.05, 0.1) is 5.56 Å². The second kappa shape index (κ2) is 5.93. The fourth-order valence-corrected chi connectivity index (χ4v) is 1.97. The SMILES string of the molecule is CCC(C)(CCO)Nc1cc(C)c(N)c(C(=O)O)c1. The van der Waals surface area contributed by atoms with E-state index in [1.165, 1.54) is 6.07 Å². The van der Waals surface area contributed by atoms with Crippen LogP contribution in [0.25, 0.3) is 0 Å². The van der Waals surface area contributed by atoms with Crippen LogP contribution in [0.15, 0.2) is 12.1 Å². The van der Waals surface area contributed by atoms with Crippen LogP contribution in [0, 0.1) is 6.92 Å². The first-order valence-corrected chi connectivity index (χ1v) is 6.35. The molecule has 0 aliphatic heterocycles. The van der Waals surface area contributed by atoms with Crippen LogP contribution < -0.4 is 11.1 Å². The van der Waals surface area contributed by atoms with E-state index in [1.807, 2.05) is 19.9 Å². The van der Waals surface area contributed by atoms with Crippen LogP contribution >= 0.6 is 0 Å². The van der Waals surface area contributed by atoms with Gasteiger partial charge in [-0.1, -0.05) is 6.92 Å². The van der Waals surface area contributed by atoms with Crippen molar-refractivity contribution in [2.75, 3.05) is 17.7 Å². The number of nitrogens with two attached hydrogens (primary N) is 1. The third-order valence-corrected chi connectivity index (χ3v) is 3.51. The average molecular weight is 266 g/mol. The van der Waals surface area contributed by atoms with Gasteiger partial charge in [-0.05, 0) is 44.4 Å². The maximum atomic E-state index is 11.1. The molecule has 0 saturated heterocycles. The lowest BCUT2D eigenvalue weighted by Gasteiger charge is -2.30. The number of anilines is 2. The van der Waals surface area contributed by atoms with Crippen molar-refractivity contribution in [2.24, 2.45) is 0 Å². The van der Waals surface area contributed by atoms with Crippen molar-refractivity contribution < 1.29 is 15.0 Å². The summed E-state index contributed by atoms with van der Waals surface area (Å²) >= 11 is 0. The first-order chi connectivity index (χ1) is 8.83. The minimum Gasteiger partial charge on any atom is -0.478 e. The van der Waals surface area contributed by atoms with E-state index in [-0.39, 0.29) is 17.7 Å². The Balaban J connectivity index is 3.11. The molecule has 0 fully saturated rings. The van der Waals surface area contributed by atoms with Crippen molar-refractivity contribution >= 4 is 17.3 Å². The number of carboxylic acid groups (broad SMARTS) is 1. The average Bonchev–Trinajstić information content (AvgIpc) is 2.33. The van der Waals surface area contributed by atoms with E-state index in [0.29, 0.717) is 17.8 Å². The van der Waals surface area contributed by atoms with Crippen LogP contribution in [-0.4, -0.2) is 28.3 Å². The molecule has 0 heterocycles. The lowest BCUT2D eigenvalue weighted by atomic mass is 9.94. The predicted molar refractivity (Wildman–Crippen MR) is 76.6 cm³/mol. The Labute approximate surface area is 113 Å². The van der Waals surface area contributed by atoms with Gasteiger partial charge in [-0.2, -0.15) is 0 Å². The van der Waals surface area contributed by atoms with Gasteiger partial charge in [0.1, 0.15) is 0 Å². The van der Waals surface area contributed by atoms with Gasteiger partial charge in [0, 0.05) is 23.5 Å². The second-order valence-corrected chi connectivity index (χ2v) is 5.07. The number of nitrogen functional groups attached to an aromatic ring is 1. The molecule has 5 N–H and O–H groups in total. The van der Waals surface area contributed by atoms with E-state index in [0.717, 1.165) is 12.0 Å². The summed E-state index contributed by atoms with van der Waals surface area (Å²) in [5.74, 6) is -1.04. The molecule has 0 radical (unpaired) electrons. The van der Waals surface area contributed by atoms with Crippen LogP contribution in [0.1, 0.15) is 42.6 Å². The number of carboxylic acids is 1. The number of aliphatic hydroxyl groups is 1. The van der Waals surface area contributed by atoms with Gasteiger partial charge >= 0.3 is 5.97 Å². The Hall–Kier alpha value is -1.75. The smallest absolute Gasteiger partial charge is 0.337 e. The Morgan fingerprint density at radius 2 is 2.11 bits per heavy atom. The lowest BCUT2D eigenvalue weighted by molar-refractivity contribution is 0.0698. The predicted octanol–water partition coefficient (Wildman–Crippen LogP) is 2.24. The largest absolute Gasteiger partial charge is 0.478 e. The van der Waals surface area contributed by atoms with Crippen molar-refractivity contribution in [1.29, 1.82) is 0 Å². The number of hydrogen-bond donors (Lipinski definition) is 4. The molecule has 1 rings (SSSR count). The van der Waals surface area contributed by atoms with Gasteiger partial charge in [-0.15, -0.1) is 0 Å². The van der Waals surface area contributed by atoms with E-state index in [9.17, 15) is 4.79 Å². The molecule has 1 unspecified atom stereocenters. The summed E-state index contributed by atoms with van der Waals surface area (Å²) < 4.78 is 0. The van der Waals surface area contributed by atoms with Gasteiger partial charge in [0.2, 0.25) is 0 Å². The number of aryl methyl sites for hydroxylation is 1. The molecule has 1 atom stereocenters. The molecule has 19 heavy (non-hydrogen) atoms. The Bertz CT molecular complexity index is 474. The first-order valence-electron chi connectivity index (χ1n) is 6.35. The normalized spacial score (nSPS) is 13.9. The summed E-state index contributed by atoms with van der Waals surface area (Å²) in [6.45, 7) is 5.87. The van der Waals surface area contributed by atoms with Gasteiger partial charge in [-0.25, -0.2) is 4.79 Å². The highest BCUT2D eigenvalue weighted by Crippen LogP contribution is 2.27. The van der Waals surface area contributed by atoms with E-state index in [4.69, 9.17) is 15.9 Å². The molecule has 0 saturated carbocycles. The highest BCUT2D eigenvalue weighted by Gasteiger charge is 2.22. The zero-order chi connectivity index (χ0) is 14.6. The van der Waals surface area contributed by atoms with E-state index in [1.54, 1.807) is 6.92 Å². The number of aliphatic hydroxyl groups excluding tert-OH is 1. The van der Waals surface area contributed by atoms with Crippen LogP contribution in [0.2, 0.25) is 0 Å². The van der Waals surface area contributed by atoms with Gasteiger partial charge in [-0.3, -0.25) is 0 Å². The number of aromatic carboxylic acids is 1. The molecule has 5 heteroatoms. The summed E-state index contributed by atoms with van der Waals surface area (Å²) in [6.07, 6.45) is 1.41. The monoisotopic (exact) mass is 266 g/mol. The van der Waals surface area contributed by atoms with Crippen molar-refractivity contribution in [1.82, 2.24) is 0 Å². The number of benzene rings is 1. The maximum Gasteiger partial charge on any atom is 0.337 e.